The predicted molar refractivity (Wildman–Crippen MR) is 73.4 cm³/mol. The maximum absolute atomic E-state index is 10.9. The first-order valence-corrected chi connectivity index (χ1v) is 6.05. The third-order valence-electron chi connectivity index (χ3n) is 2.47. The fraction of sp³-hybridized carbons (Fsp3) is 0.364. The van der Waals surface area contributed by atoms with E-state index in [9.17, 15) is 4.79 Å². The number of nitrogens with one attached hydrogen (secondary N) is 2. The zero-order valence-electron chi connectivity index (χ0n) is 11.2. The van der Waals surface area contributed by atoms with Crippen LogP contribution in [0.2, 0.25) is 0 Å². The summed E-state index contributed by atoms with van der Waals surface area (Å²) < 4.78 is 1.66. The number of amides is 1. The normalized spacial score (nSPS) is 11.9. The Labute approximate surface area is 115 Å². The van der Waals surface area contributed by atoms with Crippen molar-refractivity contribution in [1.29, 1.82) is 0 Å². The van der Waals surface area contributed by atoms with Gasteiger partial charge in [-0.05, 0) is 6.92 Å². The Hall–Kier alpha value is -2.71. The molecule has 0 spiro atoms. The number of carbonyl (C=O) groups is 1. The van der Waals surface area contributed by atoms with Crippen molar-refractivity contribution in [2.45, 2.75) is 19.4 Å². The Balaban J connectivity index is 2.24. The van der Waals surface area contributed by atoms with Gasteiger partial charge >= 0.3 is 0 Å². The summed E-state index contributed by atoms with van der Waals surface area (Å²) >= 11 is 0. The van der Waals surface area contributed by atoms with Crippen molar-refractivity contribution < 1.29 is 4.79 Å². The van der Waals surface area contributed by atoms with Gasteiger partial charge in [0.1, 0.15) is 6.33 Å². The topological polar surface area (TPSA) is 124 Å². The van der Waals surface area contributed by atoms with Gasteiger partial charge in [0.2, 0.25) is 23.8 Å². The molecule has 0 aliphatic heterocycles. The maximum atomic E-state index is 10.9. The molecule has 0 fully saturated rings. The lowest BCUT2D eigenvalue weighted by Gasteiger charge is -2.13. The van der Waals surface area contributed by atoms with Crippen LogP contribution >= 0.6 is 0 Å². The average molecular weight is 276 g/mol. The van der Waals surface area contributed by atoms with Gasteiger partial charge in [0.15, 0.2) is 0 Å². The number of nitrogens with zero attached hydrogens (tertiary/aromatic N) is 5. The Morgan fingerprint density at radius 3 is 2.75 bits per heavy atom. The summed E-state index contributed by atoms with van der Waals surface area (Å²) in [5.74, 6) is 0.817. The standard InChI is InChI=1S/C11H16N8O/c1-7(5-8(12)20)15-10-16-9(13-2)17-11(18-10)19-4-3-14-6-19/h3-4,6-7H,5H2,1-2H3,(H2,12,20)(H2,13,15,16,17,18). The first-order chi connectivity index (χ1) is 9.58. The number of hydrogen-bond donors (Lipinski definition) is 3. The molecule has 2 aromatic rings. The van der Waals surface area contributed by atoms with Crippen molar-refractivity contribution in [3.63, 3.8) is 0 Å². The van der Waals surface area contributed by atoms with Crippen LogP contribution in [-0.4, -0.2) is 43.5 Å². The largest absolute Gasteiger partial charge is 0.370 e. The molecule has 0 saturated heterocycles. The molecule has 2 rings (SSSR count). The summed E-state index contributed by atoms with van der Waals surface area (Å²) in [4.78, 5) is 27.5. The third-order valence-corrected chi connectivity index (χ3v) is 2.47. The van der Waals surface area contributed by atoms with E-state index in [0.29, 0.717) is 17.8 Å². The highest BCUT2D eigenvalue weighted by Crippen LogP contribution is 2.10. The van der Waals surface area contributed by atoms with Crippen LogP contribution < -0.4 is 16.4 Å². The molecule has 0 aromatic carbocycles. The quantitative estimate of drug-likeness (QED) is 0.666. The number of anilines is 2. The number of imidazole rings is 1. The van der Waals surface area contributed by atoms with Crippen LogP contribution in [0.15, 0.2) is 18.7 Å². The Morgan fingerprint density at radius 2 is 2.15 bits per heavy atom. The summed E-state index contributed by atoms with van der Waals surface area (Å²) in [6.45, 7) is 1.82. The number of primary amides is 1. The number of carbonyl (C=O) groups excluding carboxylic acids is 1. The van der Waals surface area contributed by atoms with Gasteiger partial charge in [-0.15, -0.1) is 0 Å². The van der Waals surface area contributed by atoms with Crippen LogP contribution in [0.25, 0.3) is 5.95 Å². The molecule has 0 saturated carbocycles. The molecule has 1 atom stereocenters. The van der Waals surface area contributed by atoms with Crippen LogP contribution in [0.4, 0.5) is 11.9 Å². The van der Waals surface area contributed by atoms with Crippen LogP contribution in [0.1, 0.15) is 13.3 Å². The number of hydrogen-bond acceptors (Lipinski definition) is 7. The van der Waals surface area contributed by atoms with Crippen LogP contribution in [0.3, 0.4) is 0 Å². The number of aromatic nitrogens is 5. The van der Waals surface area contributed by atoms with E-state index in [-0.39, 0.29) is 18.4 Å². The average Bonchev–Trinajstić information content (AvgIpc) is 2.91. The van der Waals surface area contributed by atoms with Gasteiger partial charge in [0, 0.05) is 31.9 Å². The van der Waals surface area contributed by atoms with E-state index in [4.69, 9.17) is 5.73 Å². The molecule has 0 bridgehead atoms. The van der Waals surface area contributed by atoms with Crippen molar-refractivity contribution in [2.24, 2.45) is 5.73 Å². The fourth-order valence-electron chi connectivity index (χ4n) is 1.61. The van der Waals surface area contributed by atoms with E-state index >= 15 is 0 Å². The second-order valence-corrected chi connectivity index (χ2v) is 4.22. The second kappa shape index (κ2) is 5.95. The Morgan fingerprint density at radius 1 is 1.40 bits per heavy atom. The molecule has 20 heavy (non-hydrogen) atoms. The minimum absolute atomic E-state index is 0.171. The second-order valence-electron chi connectivity index (χ2n) is 4.22. The molecule has 2 aromatic heterocycles. The molecular formula is C11H16N8O. The van der Waals surface area contributed by atoms with Gasteiger partial charge < -0.3 is 16.4 Å². The summed E-state index contributed by atoms with van der Waals surface area (Å²) in [6.07, 6.45) is 5.14. The van der Waals surface area contributed by atoms with Gasteiger partial charge in [0.05, 0.1) is 0 Å². The van der Waals surface area contributed by atoms with Gasteiger partial charge in [-0.2, -0.15) is 15.0 Å². The Bertz CT molecular complexity index is 582. The highest BCUT2D eigenvalue weighted by atomic mass is 16.1. The SMILES string of the molecule is CNc1nc(NC(C)CC(N)=O)nc(-n2ccnc2)n1. The molecule has 2 heterocycles. The molecule has 4 N–H and O–H groups in total. The fourth-order valence-corrected chi connectivity index (χ4v) is 1.61. The van der Waals surface area contributed by atoms with Gasteiger partial charge in [-0.1, -0.05) is 0 Å². The lowest BCUT2D eigenvalue weighted by atomic mass is 10.2. The molecule has 1 amide bonds. The monoisotopic (exact) mass is 276 g/mol. The van der Waals surface area contributed by atoms with Crippen LogP contribution in [0, 0.1) is 0 Å². The molecule has 106 valence electrons. The summed E-state index contributed by atoms with van der Waals surface area (Å²) in [7, 11) is 1.71. The Kier molecular flexibility index (Phi) is 4.08. The van der Waals surface area contributed by atoms with Crippen molar-refractivity contribution in [2.75, 3.05) is 17.7 Å². The summed E-state index contributed by atoms with van der Waals surface area (Å²) in [5, 5.41) is 5.87. The smallest absolute Gasteiger partial charge is 0.241 e. The molecule has 9 heteroatoms. The maximum Gasteiger partial charge on any atom is 0.241 e. The zero-order valence-corrected chi connectivity index (χ0v) is 11.2. The highest BCUT2D eigenvalue weighted by molar-refractivity contribution is 5.74. The highest BCUT2D eigenvalue weighted by Gasteiger charge is 2.11. The minimum Gasteiger partial charge on any atom is -0.370 e. The van der Waals surface area contributed by atoms with Crippen molar-refractivity contribution in [1.82, 2.24) is 24.5 Å². The molecule has 0 radical (unpaired) electrons. The van der Waals surface area contributed by atoms with Crippen molar-refractivity contribution >= 4 is 17.8 Å². The third kappa shape index (κ3) is 3.40. The molecule has 0 aliphatic carbocycles. The minimum atomic E-state index is -0.386. The number of rotatable bonds is 6. The lowest BCUT2D eigenvalue weighted by Crippen LogP contribution is -2.25. The van der Waals surface area contributed by atoms with Crippen LogP contribution in [-0.2, 0) is 4.79 Å². The zero-order chi connectivity index (χ0) is 14.5. The van der Waals surface area contributed by atoms with E-state index in [0.717, 1.165) is 0 Å². The van der Waals surface area contributed by atoms with E-state index in [1.54, 1.807) is 30.3 Å². The van der Waals surface area contributed by atoms with Crippen molar-refractivity contribution in [3.8, 4) is 5.95 Å². The molecule has 1 unspecified atom stereocenters. The van der Waals surface area contributed by atoms with Crippen LogP contribution in [0.5, 0.6) is 0 Å². The van der Waals surface area contributed by atoms with E-state index in [2.05, 4.69) is 30.6 Å². The first-order valence-electron chi connectivity index (χ1n) is 6.05. The van der Waals surface area contributed by atoms with E-state index < -0.39 is 0 Å². The van der Waals surface area contributed by atoms with E-state index in [1.165, 1.54) is 0 Å². The van der Waals surface area contributed by atoms with Gasteiger partial charge in [-0.3, -0.25) is 9.36 Å². The predicted octanol–water partition coefficient (Wildman–Crippen LogP) is -0.225. The van der Waals surface area contributed by atoms with E-state index in [1.807, 2.05) is 6.92 Å². The van der Waals surface area contributed by atoms with Crippen molar-refractivity contribution in [3.05, 3.63) is 18.7 Å². The molecular weight excluding hydrogens is 260 g/mol. The first kappa shape index (κ1) is 13.7. The summed E-state index contributed by atoms with van der Waals surface area (Å²) in [6, 6.07) is -0.171. The summed E-state index contributed by atoms with van der Waals surface area (Å²) in [5.41, 5.74) is 5.15. The van der Waals surface area contributed by atoms with Gasteiger partial charge in [0.25, 0.3) is 0 Å². The lowest BCUT2D eigenvalue weighted by molar-refractivity contribution is -0.118. The molecule has 9 nitrogen and oxygen atoms in total. The number of nitrogens with two attached hydrogens (primary N) is 1. The molecule has 0 aliphatic rings. The van der Waals surface area contributed by atoms with Gasteiger partial charge in [-0.25, -0.2) is 4.98 Å².